The molecule has 8 rings (SSSR count). The summed E-state index contributed by atoms with van der Waals surface area (Å²) >= 11 is 0. The Kier molecular flexibility index (Phi) is 4.77. The number of aryl methyl sites for hydroxylation is 1. The maximum absolute atomic E-state index is 14.2. The van der Waals surface area contributed by atoms with Crippen LogP contribution in [0.3, 0.4) is 0 Å². The number of hydrogen-bond acceptors (Lipinski definition) is 6. The van der Waals surface area contributed by atoms with Gasteiger partial charge < -0.3 is 14.2 Å². The van der Waals surface area contributed by atoms with Crippen LogP contribution in [0.2, 0.25) is 0 Å². The van der Waals surface area contributed by atoms with Crippen molar-refractivity contribution in [2.75, 3.05) is 11.7 Å². The molecule has 1 fully saturated rings. The summed E-state index contributed by atoms with van der Waals surface area (Å²) in [6.45, 7) is 2.06. The average Bonchev–Trinajstić information content (AvgIpc) is 3.53. The molecule has 2 amide bonds. The van der Waals surface area contributed by atoms with Gasteiger partial charge in [0.2, 0.25) is 18.6 Å². The van der Waals surface area contributed by atoms with E-state index in [9.17, 15) is 14.4 Å². The Labute approximate surface area is 229 Å². The molecule has 4 aliphatic rings. The number of carbonyl (C=O) groups is 3. The lowest BCUT2D eigenvalue weighted by Gasteiger charge is -2.38. The standard InChI is InChI=1S/C33H23NO6/c1-17-6-10-22-24-15-23(20-8-11-25-27(14-20)39-16-38-25)28-30(29(24)33(37)40-26(22)12-17)32(36)34(31(28)35)21-9-7-18-4-2-3-5-19(18)13-21/h2-15,23,28-30H,16H2,1H3/t23-,28-,29-,30+/m1/s1. The quantitative estimate of drug-likeness (QED) is 0.197. The van der Waals surface area contributed by atoms with E-state index in [1.165, 1.54) is 4.90 Å². The van der Waals surface area contributed by atoms with Crippen LogP contribution >= 0.6 is 0 Å². The van der Waals surface area contributed by atoms with Gasteiger partial charge in [0.15, 0.2) is 11.5 Å². The molecule has 40 heavy (non-hydrogen) atoms. The second-order valence-electron chi connectivity index (χ2n) is 10.8. The maximum Gasteiger partial charge on any atom is 0.319 e. The highest BCUT2D eigenvalue weighted by atomic mass is 16.7. The van der Waals surface area contributed by atoms with Gasteiger partial charge in [0.1, 0.15) is 5.75 Å². The number of allylic oxidation sites excluding steroid dienone is 1. The molecule has 3 heterocycles. The molecule has 0 N–H and O–H groups in total. The first-order valence-electron chi connectivity index (χ1n) is 13.3. The molecule has 4 aromatic rings. The molecule has 1 saturated heterocycles. The SMILES string of the molecule is Cc1ccc2c(c1)OC(=O)[C@@H]1C2=C[C@H](c2ccc3c(c2)OCO3)[C@H]2C(=O)N(c3ccc4ccccc4c3)C(=O)[C@H]12. The Hall–Kier alpha value is -4.91. The Morgan fingerprint density at radius 1 is 0.750 bits per heavy atom. The number of rotatable bonds is 2. The van der Waals surface area contributed by atoms with Gasteiger partial charge in [0.05, 0.1) is 23.4 Å². The molecule has 7 heteroatoms. The van der Waals surface area contributed by atoms with Crippen LogP contribution in [-0.4, -0.2) is 24.6 Å². The predicted octanol–water partition coefficient (Wildman–Crippen LogP) is 5.40. The van der Waals surface area contributed by atoms with E-state index in [4.69, 9.17) is 14.2 Å². The number of ether oxygens (including phenoxy) is 3. The van der Waals surface area contributed by atoms with Gasteiger partial charge in [0.25, 0.3) is 0 Å². The number of esters is 1. The highest BCUT2D eigenvalue weighted by molar-refractivity contribution is 6.25. The molecule has 0 radical (unpaired) electrons. The van der Waals surface area contributed by atoms with Crippen LogP contribution in [-0.2, 0) is 14.4 Å². The van der Waals surface area contributed by atoms with Gasteiger partial charge in [-0.1, -0.05) is 54.6 Å². The van der Waals surface area contributed by atoms with E-state index in [2.05, 4.69) is 0 Å². The van der Waals surface area contributed by atoms with Gasteiger partial charge in [-0.15, -0.1) is 0 Å². The summed E-state index contributed by atoms with van der Waals surface area (Å²) in [4.78, 5) is 43.3. The summed E-state index contributed by atoms with van der Waals surface area (Å²) in [6, 6.07) is 24.6. The minimum atomic E-state index is -0.906. The number of imide groups is 1. The van der Waals surface area contributed by atoms with Gasteiger partial charge in [-0.3, -0.25) is 14.4 Å². The Morgan fingerprint density at radius 3 is 2.42 bits per heavy atom. The summed E-state index contributed by atoms with van der Waals surface area (Å²) in [5, 5.41) is 1.93. The molecule has 196 valence electrons. The Morgan fingerprint density at radius 2 is 1.55 bits per heavy atom. The van der Waals surface area contributed by atoms with Crippen LogP contribution < -0.4 is 19.1 Å². The number of benzene rings is 4. The lowest BCUT2D eigenvalue weighted by Crippen LogP contribution is -2.42. The van der Waals surface area contributed by atoms with Crippen molar-refractivity contribution >= 4 is 39.8 Å². The molecule has 4 aromatic carbocycles. The smallest absolute Gasteiger partial charge is 0.319 e. The summed E-state index contributed by atoms with van der Waals surface area (Å²) in [5.41, 5.74) is 3.76. The van der Waals surface area contributed by atoms with Crippen molar-refractivity contribution in [3.63, 3.8) is 0 Å². The van der Waals surface area contributed by atoms with Gasteiger partial charge in [-0.05, 0) is 64.7 Å². The van der Waals surface area contributed by atoms with E-state index in [1.807, 2.05) is 85.8 Å². The molecule has 0 aromatic heterocycles. The summed E-state index contributed by atoms with van der Waals surface area (Å²) in [5.74, 6) is -2.57. The van der Waals surface area contributed by atoms with Crippen LogP contribution in [0.5, 0.6) is 17.2 Å². The third-order valence-electron chi connectivity index (χ3n) is 8.52. The lowest BCUT2D eigenvalue weighted by atomic mass is 9.64. The first-order valence-corrected chi connectivity index (χ1v) is 13.3. The van der Waals surface area contributed by atoms with Gasteiger partial charge in [0, 0.05) is 11.5 Å². The summed E-state index contributed by atoms with van der Waals surface area (Å²) < 4.78 is 16.9. The molecule has 0 spiro atoms. The monoisotopic (exact) mass is 529 g/mol. The van der Waals surface area contributed by atoms with Crippen molar-refractivity contribution in [2.24, 2.45) is 17.8 Å². The minimum absolute atomic E-state index is 0.129. The number of carbonyl (C=O) groups excluding carboxylic acids is 3. The first kappa shape index (κ1) is 23.0. The van der Waals surface area contributed by atoms with E-state index in [0.29, 0.717) is 22.9 Å². The van der Waals surface area contributed by atoms with Crippen molar-refractivity contribution in [2.45, 2.75) is 12.8 Å². The predicted molar refractivity (Wildman–Crippen MR) is 147 cm³/mol. The Bertz CT molecular complexity index is 1820. The van der Waals surface area contributed by atoms with Crippen LogP contribution in [0.15, 0.2) is 84.9 Å². The molecular formula is C33H23NO6. The van der Waals surface area contributed by atoms with E-state index in [0.717, 1.165) is 33.0 Å². The van der Waals surface area contributed by atoms with Gasteiger partial charge >= 0.3 is 5.97 Å². The summed E-state index contributed by atoms with van der Waals surface area (Å²) in [7, 11) is 0. The van der Waals surface area contributed by atoms with Crippen molar-refractivity contribution in [3.8, 4) is 17.2 Å². The summed E-state index contributed by atoms with van der Waals surface area (Å²) in [6.07, 6.45) is 1.98. The fourth-order valence-electron chi connectivity index (χ4n) is 6.68. The number of amides is 2. The maximum atomic E-state index is 14.2. The zero-order valence-electron chi connectivity index (χ0n) is 21.5. The topological polar surface area (TPSA) is 82.1 Å². The molecule has 0 bridgehead atoms. The third kappa shape index (κ3) is 3.21. The second kappa shape index (κ2) is 8.29. The largest absolute Gasteiger partial charge is 0.454 e. The van der Waals surface area contributed by atoms with Crippen LogP contribution in [0, 0.1) is 24.7 Å². The normalized spacial score (nSPS) is 24.4. The van der Waals surface area contributed by atoms with Crippen LogP contribution in [0.1, 0.15) is 22.6 Å². The van der Waals surface area contributed by atoms with Gasteiger partial charge in [-0.2, -0.15) is 0 Å². The zero-order chi connectivity index (χ0) is 27.1. The third-order valence-corrected chi connectivity index (χ3v) is 8.52. The van der Waals surface area contributed by atoms with Crippen molar-refractivity contribution in [1.82, 2.24) is 0 Å². The number of anilines is 1. The lowest BCUT2D eigenvalue weighted by molar-refractivity contribution is -0.142. The molecule has 0 unspecified atom stereocenters. The fraction of sp³-hybridized carbons (Fsp3) is 0.182. The molecule has 7 nitrogen and oxygen atoms in total. The zero-order valence-corrected chi connectivity index (χ0v) is 21.5. The molecule has 4 atom stereocenters. The highest BCUT2D eigenvalue weighted by Crippen LogP contribution is 2.55. The van der Waals surface area contributed by atoms with Gasteiger partial charge in [-0.25, -0.2) is 4.90 Å². The molecule has 0 saturated carbocycles. The fourth-order valence-corrected chi connectivity index (χ4v) is 6.68. The van der Waals surface area contributed by atoms with E-state index in [-0.39, 0.29) is 18.6 Å². The first-order chi connectivity index (χ1) is 19.5. The Balaban J connectivity index is 1.31. The average molecular weight is 530 g/mol. The molecule has 1 aliphatic carbocycles. The number of nitrogens with zero attached hydrogens (tertiary/aromatic N) is 1. The van der Waals surface area contributed by atoms with E-state index < -0.39 is 29.6 Å². The highest BCUT2D eigenvalue weighted by Gasteiger charge is 2.60. The van der Waals surface area contributed by atoms with E-state index >= 15 is 0 Å². The molecular weight excluding hydrogens is 506 g/mol. The van der Waals surface area contributed by atoms with Crippen LogP contribution in [0.4, 0.5) is 5.69 Å². The van der Waals surface area contributed by atoms with Crippen LogP contribution in [0.25, 0.3) is 16.3 Å². The van der Waals surface area contributed by atoms with E-state index in [1.54, 1.807) is 6.07 Å². The number of hydrogen-bond donors (Lipinski definition) is 0. The minimum Gasteiger partial charge on any atom is -0.454 e. The van der Waals surface area contributed by atoms with Crippen molar-refractivity contribution in [1.29, 1.82) is 0 Å². The van der Waals surface area contributed by atoms with Crippen molar-refractivity contribution in [3.05, 3.63) is 102 Å². The van der Waals surface area contributed by atoms with Crippen molar-refractivity contribution < 1.29 is 28.6 Å². The second-order valence-corrected chi connectivity index (χ2v) is 10.8. The number of fused-ring (bicyclic) bond motifs is 7. The molecule has 3 aliphatic heterocycles.